The van der Waals surface area contributed by atoms with E-state index in [0.717, 1.165) is 5.02 Å². The maximum Gasteiger partial charge on any atom is 0.162 e. The van der Waals surface area contributed by atoms with Crippen molar-refractivity contribution in [2.75, 3.05) is 5.50 Å². The molecule has 0 N–H and O–H groups in total. The van der Waals surface area contributed by atoms with Gasteiger partial charge in [-0.25, -0.2) is 0 Å². The highest BCUT2D eigenvalue weighted by molar-refractivity contribution is 7.14. The highest BCUT2D eigenvalue weighted by Crippen LogP contribution is 2.12. The summed E-state index contributed by atoms with van der Waals surface area (Å²) in [7, 11) is -2.21. The van der Waals surface area contributed by atoms with Crippen LogP contribution in [0.15, 0.2) is 84.9 Å². The van der Waals surface area contributed by atoms with Gasteiger partial charge in [0.25, 0.3) is 0 Å². The highest BCUT2D eigenvalue weighted by Gasteiger charge is 2.38. The molecule has 0 atom stereocenters. The molecule has 3 aromatic rings. The first-order valence-corrected chi connectivity index (χ1v) is 10.3. The number of hydrogen-bond acceptors (Lipinski definition) is 0. The van der Waals surface area contributed by atoms with Gasteiger partial charge in [-0.1, -0.05) is 84.4 Å². The maximum atomic E-state index is 6.60. The minimum atomic E-state index is -2.21. The smallest absolute Gasteiger partial charge is 0.129 e. The highest BCUT2D eigenvalue weighted by atomic mass is 35.5. The second kappa shape index (κ2) is 6.70. The molecule has 0 aliphatic rings. The molecule has 0 spiro atoms. The summed E-state index contributed by atoms with van der Waals surface area (Å²) in [6.07, 6.45) is 0. The van der Waals surface area contributed by atoms with Crippen LogP contribution in [0, 0.1) is 0 Å². The molecular weight excluding hydrogens is 327 g/mol. The summed E-state index contributed by atoms with van der Waals surface area (Å²) in [6.45, 7) is 0. The van der Waals surface area contributed by atoms with Crippen molar-refractivity contribution in [1.82, 2.24) is 0 Å². The van der Waals surface area contributed by atoms with E-state index in [0.29, 0.717) is 5.50 Å². The molecule has 0 radical (unpaired) electrons. The van der Waals surface area contributed by atoms with Crippen molar-refractivity contribution in [2.45, 2.75) is 0 Å². The number of rotatable bonds is 4. The first kappa shape index (κ1) is 15.4. The lowest BCUT2D eigenvalue weighted by Gasteiger charge is -2.31. The van der Waals surface area contributed by atoms with E-state index in [1.807, 2.05) is 24.3 Å². The van der Waals surface area contributed by atoms with Crippen LogP contribution in [0.25, 0.3) is 0 Å². The van der Waals surface area contributed by atoms with Crippen LogP contribution in [0.2, 0.25) is 5.02 Å². The van der Waals surface area contributed by atoms with Gasteiger partial charge in [0.15, 0.2) is 8.07 Å². The number of halogens is 2. The molecule has 0 unspecified atom stereocenters. The van der Waals surface area contributed by atoms with Crippen molar-refractivity contribution in [3.8, 4) is 0 Å². The molecule has 0 aliphatic heterocycles. The molecule has 0 amide bonds. The zero-order valence-corrected chi connectivity index (χ0v) is 14.6. The Labute approximate surface area is 142 Å². The largest absolute Gasteiger partial charge is 0.162 e. The van der Waals surface area contributed by atoms with Gasteiger partial charge in [-0.15, -0.1) is 11.6 Å². The SMILES string of the molecule is ClC[Si](c1ccccc1)(c1ccccc1)c1ccc(Cl)cc1. The van der Waals surface area contributed by atoms with Crippen LogP contribution in [0.5, 0.6) is 0 Å². The Balaban J connectivity index is 2.28. The van der Waals surface area contributed by atoms with E-state index in [9.17, 15) is 0 Å². The zero-order valence-electron chi connectivity index (χ0n) is 12.0. The van der Waals surface area contributed by atoms with Crippen LogP contribution in [-0.4, -0.2) is 13.6 Å². The summed E-state index contributed by atoms with van der Waals surface area (Å²) < 4.78 is 0. The van der Waals surface area contributed by atoms with Gasteiger partial charge in [0.1, 0.15) is 0 Å². The second-order valence-corrected chi connectivity index (χ2v) is 10.3. The van der Waals surface area contributed by atoms with Gasteiger partial charge in [-0.05, 0) is 27.7 Å². The Morgan fingerprint density at radius 3 is 1.41 bits per heavy atom. The zero-order chi connectivity index (χ0) is 15.4. The van der Waals surface area contributed by atoms with Crippen molar-refractivity contribution in [3.63, 3.8) is 0 Å². The number of hydrogen-bond donors (Lipinski definition) is 0. The predicted molar refractivity (Wildman–Crippen MR) is 99.7 cm³/mol. The topological polar surface area (TPSA) is 0 Å². The molecular formula is C19H16Cl2Si. The summed E-state index contributed by atoms with van der Waals surface area (Å²) in [4.78, 5) is 0. The van der Waals surface area contributed by atoms with E-state index in [2.05, 4.69) is 60.7 Å². The quantitative estimate of drug-likeness (QED) is 0.386. The summed E-state index contributed by atoms with van der Waals surface area (Å²) in [5, 5.41) is 4.67. The summed E-state index contributed by atoms with van der Waals surface area (Å²) in [6, 6.07) is 29.4. The maximum absolute atomic E-state index is 6.60. The van der Waals surface area contributed by atoms with Crippen LogP contribution in [0.3, 0.4) is 0 Å². The lowest BCUT2D eigenvalue weighted by molar-refractivity contribution is 1.65. The fourth-order valence-electron chi connectivity index (χ4n) is 2.91. The van der Waals surface area contributed by atoms with Gasteiger partial charge >= 0.3 is 0 Å². The standard InChI is InChI=1S/C19H16Cl2Si/c20-15-22(17-7-3-1-4-8-17,18-9-5-2-6-10-18)19-13-11-16(21)12-14-19/h1-14H,15H2. The third-order valence-corrected chi connectivity index (χ3v) is 9.88. The van der Waals surface area contributed by atoms with Gasteiger partial charge in [0.2, 0.25) is 0 Å². The molecule has 0 bridgehead atoms. The average molecular weight is 343 g/mol. The van der Waals surface area contributed by atoms with E-state index in [4.69, 9.17) is 23.2 Å². The van der Waals surface area contributed by atoms with Gasteiger partial charge in [-0.3, -0.25) is 0 Å². The van der Waals surface area contributed by atoms with Gasteiger partial charge < -0.3 is 0 Å². The van der Waals surface area contributed by atoms with Crippen molar-refractivity contribution in [1.29, 1.82) is 0 Å². The Kier molecular flexibility index (Phi) is 4.68. The fraction of sp³-hybridized carbons (Fsp3) is 0.0526. The van der Waals surface area contributed by atoms with Crippen LogP contribution in [0.4, 0.5) is 0 Å². The Bertz CT molecular complexity index is 685. The van der Waals surface area contributed by atoms with E-state index >= 15 is 0 Å². The van der Waals surface area contributed by atoms with E-state index in [1.165, 1.54) is 15.6 Å². The van der Waals surface area contributed by atoms with Crippen molar-refractivity contribution in [3.05, 3.63) is 90.0 Å². The number of benzene rings is 3. The normalized spacial score (nSPS) is 11.4. The molecule has 3 rings (SSSR count). The lowest BCUT2D eigenvalue weighted by atomic mass is 10.3. The van der Waals surface area contributed by atoms with E-state index in [1.54, 1.807) is 0 Å². The molecule has 110 valence electrons. The molecule has 0 saturated carbocycles. The first-order chi connectivity index (χ1) is 10.8. The molecule has 0 aliphatic carbocycles. The van der Waals surface area contributed by atoms with Crippen LogP contribution in [-0.2, 0) is 0 Å². The van der Waals surface area contributed by atoms with E-state index < -0.39 is 8.07 Å². The molecule has 0 heterocycles. The molecule has 3 aromatic carbocycles. The minimum Gasteiger partial charge on any atom is -0.129 e. The molecule has 0 nitrogen and oxygen atoms in total. The Hall–Kier alpha value is -1.54. The molecule has 0 saturated heterocycles. The van der Waals surface area contributed by atoms with E-state index in [-0.39, 0.29) is 0 Å². The lowest BCUT2D eigenvalue weighted by Crippen LogP contribution is -2.69. The van der Waals surface area contributed by atoms with Crippen molar-refractivity contribution >= 4 is 46.8 Å². The molecule has 0 aromatic heterocycles. The van der Waals surface area contributed by atoms with Crippen LogP contribution < -0.4 is 15.6 Å². The average Bonchev–Trinajstić information content (AvgIpc) is 2.59. The summed E-state index contributed by atoms with van der Waals surface area (Å²) in [5.74, 6) is 0. The van der Waals surface area contributed by atoms with Crippen LogP contribution >= 0.6 is 23.2 Å². The predicted octanol–water partition coefficient (Wildman–Crippen LogP) is 3.59. The van der Waals surface area contributed by atoms with Gasteiger partial charge in [0, 0.05) is 10.5 Å². The monoisotopic (exact) mass is 342 g/mol. The number of alkyl halides is 1. The van der Waals surface area contributed by atoms with Crippen molar-refractivity contribution < 1.29 is 0 Å². The summed E-state index contributed by atoms with van der Waals surface area (Å²) in [5.41, 5.74) is 0.600. The van der Waals surface area contributed by atoms with Crippen molar-refractivity contribution in [2.24, 2.45) is 0 Å². The minimum absolute atomic E-state index is 0.600. The molecule has 22 heavy (non-hydrogen) atoms. The molecule has 3 heteroatoms. The molecule has 0 fully saturated rings. The Morgan fingerprint density at radius 1 is 0.591 bits per heavy atom. The van der Waals surface area contributed by atoms with Crippen LogP contribution in [0.1, 0.15) is 0 Å². The third kappa shape index (κ3) is 2.72. The second-order valence-electron chi connectivity index (χ2n) is 5.28. The fourth-order valence-corrected chi connectivity index (χ4v) is 8.15. The Morgan fingerprint density at radius 2 is 1.00 bits per heavy atom. The van der Waals surface area contributed by atoms with Gasteiger partial charge in [-0.2, -0.15) is 0 Å². The summed E-state index contributed by atoms with van der Waals surface area (Å²) >= 11 is 12.7. The van der Waals surface area contributed by atoms with Gasteiger partial charge in [0.05, 0.1) is 0 Å². The third-order valence-electron chi connectivity index (χ3n) is 4.07. The first-order valence-electron chi connectivity index (χ1n) is 7.20.